The zero-order valence-corrected chi connectivity index (χ0v) is 43.5. The molecule has 2 fully saturated rings. The fraction of sp³-hybridized carbons (Fsp3) is 0.348. The average molecular weight is 935 g/mol. The molecule has 5 nitrogen and oxygen atoms in total. The summed E-state index contributed by atoms with van der Waals surface area (Å²) in [5, 5.41) is 15.7. The van der Waals surface area contributed by atoms with Gasteiger partial charge in [0.25, 0.3) is 0 Å². The van der Waals surface area contributed by atoms with Gasteiger partial charge in [-0.1, -0.05) is 154 Å². The Labute approximate surface area is 421 Å². The first kappa shape index (κ1) is 46.8. The van der Waals surface area contributed by atoms with Gasteiger partial charge >= 0.3 is 0 Å². The monoisotopic (exact) mass is 935 g/mol. The van der Waals surface area contributed by atoms with E-state index in [9.17, 15) is 5.11 Å². The molecule has 0 radical (unpaired) electrons. The van der Waals surface area contributed by atoms with Crippen molar-refractivity contribution in [2.45, 2.75) is 143 Å². The highest BCUT2D eigenvalue weighted by Crippen LogP contribution is 2.51. The Hall–Kier alpha value is -6.59. The van der Waals surface area contributed by atoms with Crippen molar-refractivity contribution in [1.29, 1.82) is 0 Å². The number of benzene rings is 6. The van der Waals surface area contributed by atoms with Crippen molar-refractivity contribution in [3.8, 4) is 56.3 Å². The van der Waals surface area contributed by atoms with E-state index in [1.54, 1.807) is 0 Å². The molecular weight excluding hydrogens is 865 g/mol. The predicted molar refractivity (Wildman–Crippen MR) is 298 cm³/mol. The summed E-state index contributed by atoms with van der Waals surface area (Å²) in [4.78, 5) is 15.9. The van der Waals surface area contributed by atoms with Gasteiger partial charge < -0.3 is 5.11 Å². The normalized spacial score (nSPS) is 15.7. The van der Waals surface area contributed by atoms with Crippen LogP contribution in [0, 0.1) is 12.3 Å². The second-order valence-corrected chi connectivity index (χ2v) is 23.7. The Kier molecular flexibility index (Phi) is 11.8. The molecule has 2 saturated carbocycles. The molecule has 3 heterocycles. The molecule has 71 heavy (non-hydrogen) atoms. The van der Waals surface area contributed by atoms with Gasteiger partial charge in [-0.05, 0) is 161 Å². The molecule has 1 N–H and O–H groups in total. The van der Waals surface area contributed by atoms with Crippen molar-refractivity contribution in [3.05, 3.63) is 162 Å². The summed E-state index contributed by atoms with van der Waals surface area (Å²) in [6.07, 6.45) is 14.6. The molecule has 2 aliphatic carbocycles. The van der Waals surface area contributed by atoms with Crippen LogP contribution >= 0.6 is 0 Å². The number of aryl methyl sites for hydroxylation is 1. The average Bonchev–Trinajstić information content (AvgIpc) is 3.76. The predicted octanol–water partition coefficient (Wildman–Crippen LogP) is 18.1. The number of hydrogen-bond donors (Lipinski definition) is 1. The number of pyridine rings is 2. The van der Waals surface area contributed by atoms with E-state index in [-0.39, 0.29) is 22.5 Å². The summed E-state index contributed by atoms with van der Waals surface area (Å²) >= 11 is 0. The molecule has 0 saturated heterocycles. The van der Waals surface area contributed by atoms with Gasteiger partial charge in [-0.15, -0.1) is 0 Å². The molecule has 2 aliphatic rings. The van der Waals surface area contributed by atoms with Crippen LogP contribution in [0.25, 0.3) is 83.3 Å². The Morgan fingerprint density at radius 2 is 1.32 bits per heavy atom. The van der Waals surface area contributed by atoms with E-state index in [4.69, 9.17) is 15.0 Å². The minimum atomic E-state index is -0.318. The highest BCUT2D eigenvalue weighted by atomic mass is 16.3. The van der Waals surface area contributed by atoms with Crippen LogP contribution in [0.2, 0.25) is 0 Å². The maximum atomic E-state index is 12.6. The van der Waals surface area contributed by atoms with Gasteiger partial charge in [0.05, 0.1) is 33.5 Å². The van der Waals surface area contributed by atoms with Gasteiger partial charge in [-0.3, -0.25) is 14.5 Å². The third-order valence-corrected chi connectivity index (χ3v) is 16.5. The zero-order valence-electron chi connectivity index (χ0n) is 43.5. The first-order valence-corrected chi connectivity index (χ1v) is 26.5. The maximum Gasteiger partial charge on any atom is 0.149 e. The van der Waals surface area contributed by atoms with E-state index in [0.29, 0.717) is 17.2 Å². The van der Waals surface area contributed by atoms with Crippen molar-refractivity contribution in [2.75, 3.05) is 0 Å². The standard InChI is InChI=1S/C66H70N4O/c1-41(2)52-36-47(43-16-12-10-13-17-43)23-26-58(52)70-59-27-24-51-42(3)68-56-25-22-49(37-53(56)60(51)61(59)69-63(70)54-39-50(64(4,5)6)40-55(62(54)71)65(7,8)9)57-38-48(30-35-67-57)45-20-18-44(19-21-45)46-28-33-66(34-29-46)31-14-11-15-32-66/h10,12-13,16-27,30,35-41,46,71H,11,14-15,28-29,31-34H2,1-9H3. The minimum absolute atomic E-state index is 0.177. The van der Waals surface area contributed by atoms with Crippen molar-refractivity contribution in [2.24, 2.45) is 5.41 Å². The van der Waals surface area contributed by atoms with Crippen LogP contribution in [0.15, 0.2) is 134 Å². The lowest BCUT2D eigenvalue weighted by Gasteiger charge is -2.43. The van der Waals surface area contributed by atoms with Crippen LogP contribution in [-0.2, 0) is 10.8 Å². The molecule has 0 bridgehead atoms. The van der Waals surface area contributed by atoms with Gasteiger partial charge in [0, 0.05) is 39.2 Å². The molecule has 0 unspecified atom stereocenters. The number of aromatic hydroxyl groups is 1. The number of aromatic nitrogens is 4. The van der Waals surface area contributed by atoms with E-state index >= 15 is 0 Å². The summed E-state index contributed by atoms with van der Waals surface area (Å²) in [7, 11) is 0. The summed E-state index contributed by atoms with van der Waals surface area (Å²) in [5.41, 5.74) is 17.1. The molecule has 5 heteroatoms. The third kappa shape index (κ3) is 8.64. The lowest BCUT2D eigenvalue weighted by Crippen LogP contribution is -2.29. The van der Waals surface area contributed by atoms with E-state index in [1.165, 1.54) is 85.6 Å². The second kappa shape index (κ2) is 17.9. The molecule has 11 rings (SSSR count). The summed E-state index contributed by atoms with van der Waals surface area (Å²) < 4.78 is 2.32. The lowest BCUT2D eigenvalue weighted by atomic mass is 9.62. The SMILES string of the molecule is Cc1nc2ccc(-c3cc(-c4ccc(C5CCC6(CCCCC6)CC5)cc4)ccn3)cc2c2c1ccc1c2nc(-c2cc(C(C)(C)C)cc(C(C)(C)C)c2O)n1-c1ccc(-c2ccccc2)cc1C(C)C. The van der Waals surface area contributed by atoms with Gasteiger partial charge in [-0.25, -0.2) is 4.98 Å². The van der Waals surface area contributed by atoms with Gasteiger partial charge in [0.2, 0.25) is 0 Å². The fourth-order valence-electron chi connectivity index (χ4n) is 12.3. The number of phenols is 1. The molecule has 360 valence electrons. The first-order valence-electron chi connectivity index (χ1n) is 26.5. The number of nitrogens with zero attached hydrogens (tertiary/aromatic N) is 4. The molecule has 9 aromatic rings. The highest BCUT2D eigenvalue weighted by Gasteiger charge is 2.36. The van der Waals surface area contributed by atoms with Crippen LogP contribution in [0.3, 0.4) is 0 Å². The Balaban J connectivity index is 1.07. The van der Waals surface area contributed by atoms with E-state index in [0.717, 1.165) is 77.6 Å². The van der Waals surface area contributed by atoms with Gasteiger partial charge in [0.15, 0.2) is 0 Å². The molecule has 0 amide bonds. The summed E-state index contributed by atoms with van der Waals surface area (Å²) in [5.74, 6) is 1.85. The van der Waals surface area contributed by atoms with E-state index < -0.39 is 0 Å². The smallest absolute Gasteiger partial charge is 0.149 e. The van der Waals surface area contributed by atoms with Crippen molar-refractivity contribution >= 4 is 32.7 Å². The zero-order chi connectivity index (χ0) is 49.4. The van der Waals surface area contributed by atoms with Crippen LogP contribution < -0.4 is 0 Å². The maximum absolute atomic E-state index is 12.6. The van der Waals surface area contributed by atoms with Crippen LogP contribution in [0.4, 0.5) is 0 Å². The molecule has 0 aliphatic heterocycles. The van der Waals surface area contributed by atoms with Crippen LogP contribution in [-0.4, -0.2) is 24.6 Å². The van der Waals surface area contributed by atoms with Crippen LogP contribution in [0.1, 0.15) is 153 Å². The van der Waals surface area contributed by atoms with Gasteiger partial charge in [-0.2, -0.15) is 0 Å². The summed E-state index contributed by atoms with van der Waals surface area (Å²) in [6.45, 7) is 19.9. The fourth-order valence-corrected chi connectivity index (χ4v) is 12.3. The number of fused-ring (bicyclic) bond motifs is 5. The Morgan fingerprint density at radius 1 is 0.634 bits per heavy atom. The minimum Gasteiger partial charge on any atom is -0.507 e. The molecule has 0 atom stereocenters. The quantitative estimate of drug-likeness (QED) is 0.162. The number of phenolic OH excluding ortho intramolecular Hbond substituents is 1. The largest absolute Gasteiger partial charge is 0.507 e. The van der Waals surface area contributed by atoms with Crippen LogP contribution in [0.5, 0.6) is 5.75 Å². The van der Waals surface area contributed by atoms with Crippen molar-refractivity contribution in [3.63, 3.8) is 0 Å². The number of rotatable bonds is 7. The Bertz CT molecular complexity index is 3460. The van der Waals surface area contributed by atoms with Crippen molar-refractivity contribution in [1.82, 2.24) is 19.5 Å². The second-order valence-electron chi connectivity index (χ2n) is 23.7. The first-order chi connectivity index (χ1) is 34.0. The number of imidazole rings is 1. The highest BCUT2D eigenvalue weighted by molar-refractivity contribution is 6.19. The van der Waals surface area contributed by atoms with Gasteiger partial charge in [0.1, 0.15) is 11.6 Å². The lowest BCUT2D eigenvalue weighted by molar-refractivity contribution is 0.114. The van der Waals surface area contributed by atoms with E-state index in [1.807, 2.05) is 6.20 Å². The van der Waals surface area contributed by atoms with Crippen molar-refractivity contribution < 1.29 is 5.11 Å². The Morgan fingerprint density at radius 3 is 2.03 bits per heavy atom. The summed E-state index contributed by atoms with van der Waals surface area (Å²) in [6, 6.07) is 46.6. The topological polar surface area (TPSA) is 63.8 Å². The molecule has 6 aromatic carbocycles. The number of hydrogen-bond acceptors (Lipinski definition) is 4. The van der Waals surface area contributed by atoms with E-state index in [2.05, 4.69) is 194 Å². The molecule has 3 aromatic heterocycles. The molecule has 1 spiro atoms. The third-order valence-electron chi connectivity index (χ3n) is 16.5. The molecular formula is C66H70N4O.